The largest absolute Gasteiger partial charge is 0.349 e. The lowest BCUT2D eigenvalue weighted by Gasteiger charge is -2.44. The third kappa shape index (κ3) is 3.77. The zero-order valence-corrected chi connectivity index (χ0v) is 19.8. The molecule has 1 atom stereocenters. The first-order chi connectivity index (χ1) is 14.5. The van der Waals surface area contributed by atoms with Gasteiger partial charge in [0.25, 0.3) is 5.91 Å². The van der Waals surface area contributed by atoms with Crippen molar-refractivity contribution >= 4 is 40.4 Å². The number of nitrogens with zero attached hydrogens (tertiary/aromatic N) is 3. The van der Waals surface area contributed by atoms with Crippen molar-refractivity contribution in [3.05, 3.63) is 58.1 Å². The van der Waals surface area contributed by atoms with Gasteiger partial charge < -0.3 is 5.32 Å². The second kappa shape index (κ2) is 7.50. The number of hydrogen-bond acceptors (Lipinski definition) is 4. The second-order valence-corrected chi connectivity index (χ2v) is 10.4. The predicted molar refractivity (Wildman–Crippen MR) is 125 cm³/mol. The Bertz CT molecular complexity index is 1160. The molecule has 8 heteroatoms. The molecule has 0 radical (unpaired) electrons. The number of aromatic nitrogens is 2. The molecule has 4 rings (SSSR count). The lowest BCUT2D eigenvalue weighted by Crippen LogP contribution is -2.66. The first-order valence-electron chi connectivity index (χ1n) is 10.1. The Hall–Kier alpha value is -2.64. The fourth-order valence-corrected chi connectivity index (χ4v) is 4.67. The third-order valence-corrected chi connectivity index (χ3v) is 6.69. The molecule has 6 nitrogen and oxygen atoms in total. The molecular formula is C23H25ClN4O2S. The Kier molecular flexibility index (Phi) is 5.22. The lowest BCUT2D eigenvalue weighted by molar-refractivity contribution is -0.128. The molecule has 0 spiro atoms. The molecule has 0 bridgehead atoms. The van der Waals surface area contributed by atoms with Crippen molar-refractivity contribution < 1.29 is 9.59 Å². The SMILES string of the molecule is Cc1c(Cl)cccc1N1C(=O)c2cc(-c3cccs3)nn2C[C@]1(C)C(=O)NC(C)(C)C. The van der Waals surface area contributed by atoms with Gasteiger partial charge in [-0.15, -0.1) is 11.3 Å². The molecule has 1 aromatic carbocycles. The van der Waals surface area contributed by atoms with Gasteiger partial charge >= 0.3 is 0 Å². The molecule has 0 unspecified atom stereocenters. The van der Waals surface area contributed by atoms with Crippen molar-refractivity contribution in [1.82, 2.24) is 15.1 Å². The van der Waals surface area contributed by atoms with Crippen LogP contribution in [0.25, 0.3) is 10.6 Å². The monoisotopic (exact) mass is 456 g/mol. The topological polar surface area (TPSA) is 67.2 Å². The first kappa shape index (κ1) is 21.6. The van der Waals surface area contributed by atoms with Crippen LogP contribution in [0.15, 0.2) is 41.8 Å². The van der Waals surface area contributed by atoms with E-state index in [1.54, 1.807) is 46.0 Å². The summed E-state index contributed by atoms with van der Waals surface area (Å²) >= 11 is 7.94. The normalized spacial score (nSPS) is 18.8. The Balaban J connectivity index is 1.88. The molecule has 0 saturated carbocycles. The fourth-order valence-electron chi connectivity index (χ4n) is 3.82. The molecule has 0 fully saturated rings. The average Bonchev–Trinajstić information content (AvgIpc) is 3.33. The van der Waals surface area contributed by atoms with Crippen LogP contribution in [-0.4, -0.2) is 32.7 Å². The molecule has 3 aromatic rings. The molecule has 2 aromatic heterocycles. The minimum absolute atomic E-state index is 0.229. The maximum absolute atomic E-state index is 13.8. The minimum Gasteiger partial charge on any atom is -0.349 e. The Morgan fingerprint density at radius 3 is 2.65 bits per heavy atom. The second-order valence-electron chi connectivity index (χ2n) is 9.05. The Labute approximate surface area is 190 Å². The van der Waals surface area contributed by atoms with Gasteiger partial charge in [0.2, 0.25) is 5.91 Å². The van der Waals surface area contributed by atoms with Crippen molar-refractivity contribution in [2.45, 2.75) is 52.2 Å². The highest BCUT2D eigenvalue weighted by Crippen LogP contribution is 2.38. The van der Waals surface area contributed by atoms with Crippen molar-refractivity contribution in [3.63, 3.8) is 0 Å². The maximum atomic E-state index is 13.8. The standard InChI is InChI=1S/C23H25ClN4O2S/c1-14-15(24)8-6-9-17(14)28-20(29)18-12-16(19-10-7-11-31-19)26-27(18)13-23(28,5)21(30)25-22(2,3)4/h6-12H,13H2,1-5H3,(H,25,30)/t23-/m1/s1. The number of hydrogen-bond donors (Lipinski definition) is 1. The highest BCUT2D eigenvalue weighted by molar-refractivity contribution is 7.13. The molecule has 1 N–H and O–H groups in total. The molecular weight excluding hydrogens is 432 g/mol. The van der Waals surface area contributed by atoms with Crippen molar-refractivity contribution in [2.24, 2.45) is 0 Å². The van der Waals surface area contributed by atoms with Crippen LogP contribution in [0.3, 0.4) is 0 Å². The van der Waals surface area contributed by atoms with Gasteiger partial charge in [-0.2, -0.15) is 5.10 Å². The van der Waals surface area contributed by atoms with Crippen LogP contribution >= 0.6 is 22.9 Å². The molecule has 2 amide bonds. The van der Waals surface area contributed by atoms with E-state index in [1.807, 2.05) is 51.3 Å². The van der Waals surface area contributed by atoms with Crippen LogP contribution in [0.1, 0.15) is 43.7 Å². The Morgan fingerprint density at radius 1 is 1.26 bits per heavy atom. The van der Waals surface area contributed by atoms with Crippen LogP contribution in [0.5, 0.6) is 0 Å². The van der Waals surface area contributed by atoms with Gasteiger partial charge in [-0.25, -0.2) is 0 Å². The van der Waals surface area contributed by atoms with Gasteiger partial charge in [-0.1, -0.05) is 23.7 Å². The molecule has 1 aliphatic rings. The minimum atomic E-state index is -1.19. The summed E-state index contributed by atoms with van der Waals surface area (Å²) in [6.07, 6.45) is 0. The number of thiophene rings is 1. The number of carbonyl (C=O) groups is 2. The molecule has 0 aliphatic carbocycles. The van der Waals surface area contributed by atoms with Crippen molar-refractivity contribution in [2.75, 3.05) is 4.90 Å². The van der Waals surface area contributed by atoms with Gasteiger partial charge in [0.1, 0.15) is 16.9 Å². The van der Waals surface area contributed by atoms with Crippen LogP contribution in [-0.2, 0) is 11.3 Å². The molecule has 162 valence electrons. The number of carbonyl (C=O) groups excluding carboxylic acids is 2. The number of amides is 2. The summed E-state index contributed by atoms with van der Waals surface area (Å²) in [7, 11) is 0. The fraction of sp³-hybridized carbons (Fsp3) is 0.348. The van der Waals surface area contributed by atoms with E-state index in [2.05, 4.69) is 10.4 Å². The summed E-state index contributed by atoms with van der Waals surface area (Å²) in [5.41, 5.74) is 0.898. The first-order valence-corrected chi connectivity index (χ1v) is 11.3. The zero-order chi connectivity index (χ0) is 22.6. The van der Waals surface area contributed by atoms with Crippen LogP contribution in [0, 0.1) is 6.92 Å². The maximum Gasteiger partial charge on any atom is 0.277 e. The van der Waals surface area contributed by atoms with Crippen LogP contribution < -0.4 is 10.2 Å². The number of rotatable bonds is 3. The van der Waals surface area contributed by atoms with E-state index < -0.39 is 11.1 Å². The van der Waals surface area contributed by atoms with E-state index in [0.717, 1.165) is 16.1 Å². The third-order valence-electron chi connectivity index (χ3n) is 5.38. The van der Waals surface area contributed by atoms with Gasteiger partial charge in [0.15, 0.2) is 0 Å². The molecule has 31 heavy (non-hydrogen) atoms. The summed E-state index contributed by atoms with van der Waals surface area (Å²) in [5.74, 6) is -0.523. The van der Waals surface area contributed by atoms with Crippen molar-refractivity contribution in [1.29, 1.82) is 0 Å². The van der Waals surface area contributed by atoms with E-state index in [9.17, 15) is 9.59 Å². The van der Waals surface area contributed by atoms with Crippen molar-refractivity contribution in [3.8, 4) is 10.6 Å². The van der Waals surface area contributed by atoms with Gasteiger partial charge in [0.05, 0.1) is 11.4 Å². The highest BCUT2D eigenvalue weighted by Gasteiger charge is 2.50. The Morgan fingerprint density at radius 2 is 2.00 bits per heavy atom. The van der Waals surface area contributed by atoms with E-state index in [-0.39, 0.29) is 18.4 Å². The molecule has 0 saturated heterocycles. The zero-order valence-electron chi connectivity index (χ0n) is 18.2. The molecule has 1 aliphatic heterocycles. The van der Waals surface area contributed by atoms with Gasteiger partial charge in [-0.3, -0.25) is 19.2 Å². The number of anilines is 1. The quantitative estimate of drug-likeness (QED) is 0.609. The van der Waals surface area contributed by atoms with Gasteiger partial charge in [-0.05, 0) is 69.8 Å². The lowest BCUT2D eigenvalue weighted by atomic mass is 9.92. The smallest absolute Gasteiger partial charge is 0.277 e. The summed E-state index contributed by atoms with van der Waals surface area (Å²) in [5, 5.41) is 10.2. The molecule has 3 heterocycles. The van der Waals surface area contributed by atoms with Crippen LogP contribution in [0.4, 0.5) is 5.69 Å². The highest BCUT2D eigenvalue weighted by atomic mass is 35.5. The summed E-state index contributed by atoms with van der Waals surface area (Å²) in [6, 6.07) is 11.1. The van der Waals surface area contributed by atoms with Crippen LogP contribution in [0.2, 0.25) is 5.02 Å². The number of benzene rings is 1. The summed E-state index contributed by atoms with van der Waals surface area (Å²) in [4.78, 5) is 29.9. The van der Waals surface area contributed by atoms with E-state index in [1.165, 1.54) is 0 Å². The number of nitrogens with one attached hydrogen (secondary N) is 1. The number of halogens is 1. The summed E-state index contributed by atoms with van der Waals surface area (Å²) < 4.78 is 1.65. The number of fused-ring (bicyclic) bond motifs is 1. The van der Waals surface area contributed by atoms with E-state index >= 15 is 0 Å². The van der Waals surface area contributed by atoms with E-state index in [0.29, 0.717) is 16.4 Å². The summed E-state index contributed by atoms with van der Waals surface area (Å²) in [6.45, 7) is 9.62. The predicted octanol–water partition coefficient (Wildman–Crippen LogP) is 4.91. The van der Waals surface area contributed by atoms with E-state index in [4.69, 9.17) is 11.6 Å². The average molecular weight is 457 g/mol. The van der Waals surface area contributed by atoms with Gasteiger partial charge in [0, 0.05) is 16.2 Å².